The lowest BCUT2D eigenvalue weighted by molar-refractivity contribution is -0.137. The first-order chi connectivity index (χ1) is 14.8. The van der Waals surface area contributed by atoms with Gasteiger partial charge >= 0.3 is 12.2 Å². The van der Waals surface area contributed by atoms with Gasteiger partial charge in [0.1, 0.15) is 0 Å². The molecule has 0 fully saturated rings. The number of carbonyl (C=O) groups is 1. The molecule has 0 radical (unpaired) electrons. The molecule has 4 aromatic rings. The topological polar surface area (TPSA) is 59.0 Å². The lowest BCUT2D eigenvalue weighted by atomic mass is 10.1. The number of carbonyl (C=O) groups excluding carboxylic acids is 1. The molecule has 4 rings (SSSR count). The van der Waals surface area contributed by atoms with Gasteiger partial charge in [0.25, 0.3) is 0 Å². The molecular weight excluding hydrogens is 405 g/mol. The van der Waals surface area contributed by atoms with Gasteiger partial charge in [0, 0.05) is 11.1 Å². The van der Waals surface area contributed by atoms with Gasteiger partial charge in [0.15, 0.2) is 5.82 Å². The van der Waals surface area contributed by atoms with Gasteiger partial charge in [-0.15, -0.1) is 0 Å². The van der Waals surface area contributed by atoms with E-state index < -0.39 is 17.8 Å². The van der Waals surface area contributed by atoms with E-state index in [4.69, 9.17) is 0 Å². The summed E-state index contributed by atoms with van der Waals surface area (Å²) in [7, 11) is 0. The van der Waals surface area contributed by atoms with Gasteiger partial charge in [-0.05, 0) is 48.9 Å². The van der Waals surface area contributed by atoms with Gasteiger partial charge in [-0.25, -0.2) is 4.79 Å². The van der Waals surface area contributed by atoms with E-state index in [2.05, 4.69) is 15.7 Å². The largest absolute Gasteiger partial charge is 0.416 e. The fourth-order valence-electron chi connectivity index (χ4n) is 3.22. The fraction of sp³-hybridized carbons (Fsp3) is 0.130. The van der Waals surface area contributed by atoms with E-state index in [1.807, 2.05) is 43.3 Å². The molecule has 158 valence electrons. The van der Waals surface area contributed by atoms with E-state index in [1.54, 1.807) is 16.8 Å². The van der Waals surface area contributed by atoms with E-state index in [0.717, 1.165) is 28.6 Å². The van der Waals surface area contributed by atoms with Gasteiger partial charge in [-0.1, -0.05) is 42.0 Å². The number of aryl methyl sites for hydroxylation is 1. The highest BCUT2D eigenvalue weighted by atomic mass is 19.4. The van der Waals surface area contributed by atoms with Gasteiger partial charge in [0.2, 0.25) is 0 Å². The van der Waals surface area contributed by atoms with Crippen LogP contribution < -0.4 is 10.6 Å². The molecule has 0 aliphatic rings. The monoisotopic (exact) mass is 424 g/mol. The Morgan fingerprint density at radius 1 is 0.935 bits per heavy atom. The molecule has 0 atom stereocenters. The molecule has 0 bridgehead atoms. The summed E-state index contributed by atoms with van der Waals surface area (Å²) in [4.78, 5) is 12.4. The molecule has 0 saturated heterocycles. The van der Waals surface area contributed by atoms with Gasteiger partial charge in [0.05, 0.1) is 17.6 Å². The Bertz CT molecular complexity index is 1210. The van der Waals surface area contributed by atoms with Crippen molar-refractivity contribution >= 4 is 28.4 Å². The quantitative estimate of drug-likeness (QED) is 0.419. The van der Waals surface area contributed by atoms with Gasteiger partial charge < -0.3 is 5.32 Å². The highest BCUT2D eigenvalue weighted by molar-refractivity contribution is 6.04. The Kier molecular flexibility index (Phi) is 5.37. The van der Waals surface area contributed by atoms with Crippen LogP contribution in [0, 0.1) is 6.92 Å². The van der Waals surface area contributed by atoms with Crippen molar-refractivity contribution in [2.45, 2.75) is 19.6 Å². The number of halogens is 3. The van der Waals surface area contributed by atoms with E-state index >= 15 is 0 Å². The van der Waals surface area contributed by atoms with Crippen LogP contribution in [-0.2, 0) is 12.7 Å². The van der Waals surface area contributed by atoms with Crippen LogP contribution in [0.2, 0.25) is 0 Å². The maximum absolute atomic E-state index is 12.8. The molecular formula is C23H19F3N4O. The summed E-state index contributed by atoms with van der Waals surface area (Å²) in [5, 5.41) is 10.7. The number of hydrogen-bond donors (Lipinski definition) is 2. The maximum atomic E-state index is 12.8. The Balaban J connectivity index is 1.55. The molecule has 3 aromatic carbocycles. The van der Waals surface area contributed by atoms with Crippen LogP contribution in [-0.4, -0.2) is 15.8 Å². The summed E-state index contributed by atoms with van der Waals surface area (Å²) in [6.45, 7) is 2.22. The van der Waals surface area contributed by atoms with Crippen molar-refractivity contribution in [3.8, 4) is 0 Å². The smallest absolute Gasteiger partial charge is 0.308 e. The van der Waals surface area contributed by atoms with Crippen molar-refractivity contribution in [3.05, 3.63) is 89.5 Å². The molecule has 0 spiro atoms. The van der Waals surface area contributed by atoms with Crippen LogP contribution in [0.1, 0.15) is 16.7 Å². The number of nitrogens with zero attached hydrogens (tertiary/aromatic N) is 2. The fourth-order valence-corrected chi connectivity index (χ4v) is 3.22. The summed E-state index contributed by atoms with van der Waals surface area (Å²) in [5.41, 5.74) is 2.46. The normalized spacial score (nSPS) is 11.5. The van der Waals surface area contributed by atoms with Crippen molar-refractivity contribution in [3.63, 3.8) is 0 Å². The average Bonchev–Trinajstić information content (AvgIpc) is 3.07. The summed E-state index contributed by atoms with van der Waals surface area (Å²) in [6, 6.07) is 19.2. The minimum absolute atomic E-state index is 0.264. The number of alkyl halides is 3. The third-order valence-corrected chi connectivity index (χ3v) is 4.81. The molecule has 31 heavy (non-hydrogen) atoms. The first kappa shape index (κ1) is 20.5. The van der Waals surface area contributed by atoms with Crippen molar-refractivity contribution in [2.24, 2.45) is 0 Å². The second-order valence-corrected chi connectivity index (χ2v) is 7.16. The molecule has 2 N–H and O–H groups in total. The summed E-state index contributed by atoms with van der Waals surface area (Å²) in [5.74, 6) is 0.368. The van der Waals surface area contributed by atoms with Gasteiger partial charge in [-0.3, -0.25) is 10.00 Å². The lowest BCUT2D eigenvalue weighted by Gasteiger charge is -2.08. The molecule has 1 aromatic heterocycles. The first-order valence-electron chi connectivity index (χ1n) is 9.56. The Labute approximate surface area is 176 Å². The van der Waals surface area contributed by atoms with Crippen LogP contribution in [0.25, 0.3) is 10.9 Å². The average molecular weight is 424 g/mol. The zero-order valence-corrected chi connectivity index (χ0v) is 16.6. The number of para-hydroxylation sites is 1. The van der Waals surface area contributed by atoms with Crippen molar-refractivity contribution in [2.75, 3.05) is 10.6 Å². The summed E-state index contributed by atoms with van der Waals surface area (Å²) < 4.78 is 40.0. The number of hydrogen-bond acceptors (Lipinski definition) is 2. The first-order valence-corrected chi connectivity index (χ1v) is 9.56. The van der Waals surface area contributed by atoms with Crippen molar-refractivity contribution in [1.29, 1.82) is 0 Å². The molecule has 1 heterocycles. The second-order valence-electron chi connectivity index (χ2n) is 7.16. The minimum Gasteiger partial charge on any atom is -0.308 e. The predicted octanol–water partition coefficient (Wildman–Crippen LogP) is 6.06. The minimum atomic E-state index is -4.38. The number of benzene rings is 3. The Hall–Kier alpha value is -3.81. The summed E-state index contributed by atoms with van der Waals surface area (Å²) in [6.07, 6.45) is -4.38. The molecule has 0 saturated carbocycles. The predicted molar refractivity (Wildman–Crippen MR) is 114 cm³/mol. The zero-order chi connectivity index (χ0) is 22.0. The molecule has 8 heteroatoms. The molecule has 2 amide bonds. The number of urea groups is 1. The molecule has 0 aliphatic heterocycles. The number of fused-ring (bicyclic) bond motifs is 1. The standard InChI is InChI=1S/C23H19F3N4O/c1-15-6-12-18(13-7-15)27-22(31)28-21-19-4-2-3-5-20(19)30(29-21)14-16-8-10-17(11-9-16)23(24,25)26/h2-13H,14H2,1H3,(H2,27,28,29,31). The Morgan fingerprint density at radius 2 is 1.61 bits per heavy atom. The number of nitrogens with one attached hydrogen (secondary N) is 2. The van der Waals surface area contributed by atoms with Crippen LogP contribution in [0.3, 0.4) is 0 Å². The van der Waals surface area contributed by atoms with Crippen LogP contribution in [0.4, 0.5) is 29.5 Å². The number of rotatable bonds is 4. The molecule has 5 nitrogen and oxygen atoms in total. The number of amides is 2. The van der Waals surface area contributed by atoms with Crippen molar-refractivity contribution in [1.82, 2.24) is 9.78 Å². The lowest BCUT2D eigenvalue weighted by Crippen LogP contribution is -2.20. The second kappa shape index (κ2) is 8.14. The maximum Gasteiger partial charge on any atom is 0.416 e. The zero-order valence-electron chi connectivity index (χ0n) is 16.6. The highest BCUT2D eigenvalue weighted by Crippen LogP contribution is 2.29. The van der Waals surface area contributed by atoms with E-state index in [1.165, 1.54) is 12.1 Å². The number of anilines is 2. The third-order valence-electron chi connectivity index (χ3n) is 4.81. The summed E-state index contributed by atoms with van der Waals surface area (Å²) >= 11 is 0. The SMILES string of the molecule is Cc1ccc(NC(=O)Nc2nn(Cc3ccc(C(F)(F)F)cc3)c3ccccc23)cc1. The number of aromatic nitrogens is 2. The van der Waals surface area contributed by atoms with Crippen LogP contribution in [0.5, 0.6) is 0 Å². The third kappa shape index (κ3) is 4.69. The van der Waals surface area contributed by atoms with E-state index in [-0.39, 0.29) is 6.54 Å². The highest BCUT2D eigenvalue weighted by Gasteiger charge is 2.29. The van der Waals surface area contributed by atoms with Gasteiger partial charge in [-0.2, -0.15) is 18.3 Å². The van der Waals surface area contributed by atoms with Crippen LogP contribution >= 0.6 is 0 Å². The van der Waals surface area contributed by atoms with E-state index in [9.17, 15) is 18.0 Å². The molecule has 0 aliphatic carbocycles. The van der Waals surface area contributed by atoms with E-state index in [0.29, 0.717) is 17.1 Å². The van der Waals surface area contributed by atoms with Crippen molar-refractivity contribution < 1.29 is 18.0 Å². The Morgan fingerprint density at radius 3 is 2.29 bits per heavy atom. The molecule has 0 unspecified atom stereocenters. The van der Waals surface area contributed by atoms with Crippen LogP contribution in [0.15, 0.2) is 72.8 Å².